The summed E-state index contributed by atoms with van der Waals surface area (Å²) >= 11 is 0. The van der Waals surface area contributed by atoms with Crippen LogP contribution in [0.3, 0.4) is 0 Å². The van der Waals surface area contributed by atoms with E-state index in [4.69, 9.17) is 4.74 Å². The minimum absolute atomic E-state index is 0.0654. The second kappa shape index (κ2) is 11.0. The van der Waals surface area contributed by atoms with E-state index in [2.05, 4.69) is 34.5 Å². The van der Waals surface area contributed by atoms with Crippen molar-refractivity contribution in [3.05, 3.63) is 24.3 Å². The minimum atomic E-state index is -0.0654. The number of esters is 1. The molecule has 2 rings (SSSR count). The van der Waals surface area contributed by atoms with Crippen LogP contribution in [0.4, 0.5) is 11.4 Å². The molecular formula is C20H32N2O2. The molecule has 24 heavy (non-hydrogen) atoms. The van der Waals surface area contributed by atoms with Gasteiger partial charge in [-0.15, -0.1) is 0 Å². The van der Waals surface area contributed by atoms with Crippen LogP contribution in [0.1, 0.15) is 58.3 Å². The molecule has 4 heteroatoms. The summed E-state index contributed by atoms with van der Waals surface area (Å²) in [5.74, 6) is -0.0654. The molecule has 0 bridgehead atoms. The van der Waals surface area contributed by atoms with Crippen molar-refractivity contribution in [2.45, 2.75) is 58.3 Å². The lowest BCUT2D eigenvalue weighted by Gasteiger charge is -2.28. The maximum absolute atomic E-state index is 11.2. The van der Waals surface area contributed by atoms with Crippen molar-refractivity contribution >= 4 is 17.3 Å². The van der Waals surface area contributed by atoms with E-state index in [1.54, 1.807) is 0 Å². The Bertz CT molecular complexity index is 467. The Hall–Kier alpha value is -1.71. The molecule has 0 spiro atoms. The number of piperidine rings is 1. The average molecular weight is 332 g/mol. The first kappa shape index (κ1) is 18.6. The lowest BCUT2D eigenvalue weighted by atomic mass is 10.1. The summed E-state index contributed by atoms with van der Waals surface area (Å²) < 4.78 is 4.93. The highest BCUT2D eigenvalue weighted by Crippen LogP contribution is 2.21. The van der Waals surface area contributed by atoms with Crippen LogP contribution in [0.2, 0.25) is 0 Å². The third-order valence-corrected chi connectivity index (χ3v) is 4.53. The molecule has 0 amide bonds. The first-order chi connectivity index (χ1) is 11.8. The van der Waals surface area contributed by atoms with Gasteiger partial charge in [-0.25, -0.2) is 0 Å². The van der Waals surface area contributed by atoms with Gasteiger partial charge in [-0.3, -0.25) is 4.79 Å². The molecule has 1 aliphatic rings. The highest BCUT2D eigenvalue weighted by molar-refractivity contribution is 5.69. The van der Waals surface area contributed by atoms with Crippen LogP contribution >= 0.6 is 0 Å². The Morgan fingerprint density at radius 3 is 2.46 bits per heavy atom. The van der Waals surface area contributed by atoms with E-state index in [-0.39, 0.29) is 5.97 Å². The zero-order valence-corrected chi connectivity index (χ0v) is 15.1. The molecule has 1 aromatic rings. The average Bonchev–Trinajstić information content (AvgIpc) is 2.62. The molecule has 0 saturated carbocycles. The van der Waals surface area contributed by atoms with Crippen molar-refractivity contribution in [3.63, 3.8) is 0 Å². The summed E-state index contributed by atoms with van der Waals surface area (Å²) in [7, 11) is 0. The van der Waals surface area contributed by atoms with Gasteiger partial charge in [0.05, 0.1) is 6.61 Å². The molecular weight excluding hydrogens is 300 g/mol. The van der Waals surface area contributed by atoms with E-state index < -0.39 is 0 Å². The summed E-state index contributed by atoms with van der Waals surface area (Å²) in [5.41, 5.74) is 2.54. The maximum atomic E-state index is 11.2. The van der Waals surface area contributed by atoms with Gasteiger partial charge in [0.2, 0.25) is 0 Å². The van der Waals surface area contributed by atoms with Crippen LogP contribution in [0.15, 0.2) is 24.3 Å². The monoisotopic (exact) mass is 332 g/mol. The van der Waals surface area contributed by atoms with Gasteiger partial charge in [0.1, 0.15) is 0 Å². The fourth-order valence-electron chi connectivity index (χ4n) is 3.16. The topological polar surface area (TPSA) is 41.6 Å². The van der Waals surface area contributed by atoms with E-state index in [1.807, 2.05) is 6.92 Å². The number of rotatable bonds is 10. The van der Waals surface area contributed by atoms with Crippen molar-refractivity contribution < 1.29 is 9.53 Å². The van der Waals surface area contributed by atoms with Crippen LogP contribution in [0, 0.1) is 0 Å². The molecule has 0 unspecified atom stereocenters. The summed E-state index contributed by atoms with van der Waals surface area (Å²) in [6.07, 6.45) is 8.87. The molecule has 4 nitrogen and oxygen atoms in total. The first-order valence-electron chi connectivity index (χ1n) is 9.54. The molecule has 1 fully saturated rings. The van der Waals surface area contributed by atoms with Crippen molar-refractivity contribution in [1.29, 1.82) is 0 Å². The second-order valence-electron chi connectivity index (χ2n) is 6.49. The number of carbonyl (C=O) groups is 1. The molecule has 0 aromatic heterocycles. The van der Waals surface area contributed by atoms with Gasteiger partial charge >= 0.3 is 5.97 Å². The third-order valence-electron chi connectivity index (χ3n) is 4.53. The Morgan fingerprint density at radius 1 is 1.04 bits per heavy atom. The van der Waals surface area contributed by atoms with Crippen molar-refractivity contribution in [3.8, 4) is 0 Å². The number of hydrogen-bond acceptors (Lipinski definition) is 4. The third kappa shape index (κ3) is 6.81. The van der Waals surface area contributed by atoms with Gasteiger partial charge in [0.25, 0.3) is 0 Å². The summed E-state index contributed by atoms with van der Waals surface area (Å²) in [5, 5.41) is 3.48. The van der Waals surface area contributed by atoms with Gasteiger partial charge in [0.15, 0.2) is 0 Å². The van der Waals surface area contributed by atoms with Crippen LogP contribution in [0.5, 0.6) is 0 Å². The Kier molecular flexibility index (Phi) is 8.50. The molecule has 1 N–H and O–H groups in total. The SMILES string of the molecule is CCOC(=O)CCCCCCNc1ccc(N2CCCCC2)cc1. The molecule has 0 aliphatic carbocycles. The largest absolute Gasteiger partial charge is 0.466 e. The van der Waals surface area contributed by atoms with Gasteiger partial charge in [-0.1, -0.05) is 12.8 Å². The fraction of sp³-hybridized carbons (Fsp3) is 0.650. The van der Waals surface area contributed by atoms with Crippen LogP contribution in [-0.2, 0) is 9.53 Å². The number of ether oxygens (including phenoxy) is 1. The predicted octanol–water partition coefficient (Wildman–Crippen LogP) is 4.60. The van der Waals surface area contributed by atoms with Gasteiger partial charge in [-0.05, 0) is 63.3 Å². The molecule has 0 atom stereocenters. The molecule has 1 heterocycles. The zero-order chi connectivity index (χ0) is 17.0. The molecule has 1 saturated heterocycles. The summed E-state index contributed by atoms with van der Waals surface area (Å²) in [6.45, 7) is 5.71. The van der Waals surface area contributed by atoms with E-state index in [0.717, 1.165) is 32.2 Å². The number of carbonyl (C=O) groups excluding carboxylic acids is 1. The Labute approximate surface area is 146 Å². The highest BCUT2D eigenvalue weighted by Gasteiger charge is 2.10. The van der Waals surface area contributed by atoms with E-state index in [0.29, 0.717) is 13.0 Å². The molecule has 0 radical (unpaired) electrons. The number of unbranched alkanes of at least 4 members (excludes halogenated alkanes) is 3. The zero-order valence-electron chi connectivity index (χ0n) is 15.1. The summed E-state index contributed by atoms with van der Waals surface area (Å²) in [6, 6.07) is 8.83. The van der Waals surface area contributed by atoms with Crippen LogP contribution < -0.4 is 10.2 Å². The Balaban J connectivity index is 1.55. The number of benzene rings is 1. The fourth-order valence-corrected chi connectivity index (χ4v) is 3.16. The van der Waals surface area contributed by atoms with Crippen LogP contribution in [-0.4, -0.2) is 32.2 Å². The number of anilines is 2. The number of hydrogen-bond donors (Lipinski definition) is 1. The lowest BCUT2D eigenvalue weighted by Crippen LogP contribution is -2.29. The van der Waals surface area contributed by atoms with Gasteiger partial charge in [-0.2, -0.15) is 0 Å². The van der Waals surface area contributed by atoms with E-state index in [9.17, 15) is 4.79 Å². The smallest absolute Gasteiger partial charge is 0.305 e. The lowest BCUT2D eigenvalue weighted by molar-refractivity contribution is -0.143. The van der Waals surface area contributed by atoms with Crippen molar-refractivity contribution in [2.75, 3.05) is 36.5 Å². The Morgan fingerprint density at radius 2 is 1.75 bits per heavy atom. The number of nitrogens with one attached hydrogen (secondary N) is 1. The normalized spacial score (nSPS) is 14.5. The standard InChI is InChI=1S/C20H32N2O2/c1-2-24-20(23)10-6-3-4-7-15-21-18-11-13-19(14-12-18)22-16-8-5-9-17-22/h11-14,21H,2-10,15-17H2,1H3. The van der Waals surface area contributed by atoms with Crippen molar-refractivity contribution in [2.24, 2.45) is 0 Å². The maximum Gasteiger partial charge on any atom is 0.305 e. The van der Waals surface area contributed by atoms with Crippen molar-refractivity contribution in [1.82, 2.24) is 0 Å². The predicted molar refractivity (Wildman–Crippen MR) is 101 cm³/mol. The summed E-state index contributed by atoms with van der Waals surface area (Å²) in [4.78, 5) is 13.7. The highest BCUT2D eigenvalue weighted by atomic mass is 16.5. The van der Waals surface area contributed by atoms with E-state index in [1.165, 1.54) is 43.7 Å². The molecule has 1 aromatic carbocycles. The minimum Gasteiger partial charge on any atom is -0.466 e. The molecule has 1 aliphatic heterocycles. The van der Waals surface area contributed by atoms with Crippen LogP contribution in [0.25, 0.3) is 0 Å². The van der Waals surface area contributed by atoms with Gasteiger partial charge in [0, 0.05) is 37.4 Å². The quantitative estimate of drug-likeness (QED) is 0.502. The van der Waals surface area contributed by atoms with Gasteiger partial charge < -0.3 is 15.0 Å². The first-order valence-corrected chi connectivity index (χ1v) is 9.54. The second-order valence-corrected chi connectivity index (χ2v) is 6.49. The van der Waals surface area contributed by atoms with E-state index >= 15 is 0 Å². The number of nitrogens with zero attached hydrogens (tertiary/aromatic N) is 1. The molecule has 134 valence electrons.